The number of alkyl halides is 3. The van der Waals surface area contributed by atoms with E-state index in [2.05, 4.69) is 35.8 Å². The molecular formula is C25H24F3N9O3. The van der Waals surface area contributed by atoms with Gasteiger partial charge in [0.15, 0.2) is 5.69 Å². The zero-order valence-corrected chi connectivity index (χ0v) is 21.0. The third-order valence-electron chi connectivity index (χ3n) is 6.30. The van der Waals surface area contributed by atoms with Gasteiger partial charge in [0.1, 0.15) is 5.69 Å². The van der Waals surface area contributed by atoms with E-state index in [4.69, 9.17) is 4.52 Å². The number of carbonyl (C=O) groups excluding carboxylic acids is 2. The van der Waals surface area contributed by atoms with Crippen molar-refractivity contribution in [1.29, 1.82) is 0 Å². The SMILES string of the molecule is O=C(NCCNC(=O)N1CCC(c2nc(-c3cnccn3)no2)CC1)c1cn(-c2ccccc2)nc1C(F)(F)F. The lowest BCUT2D eigenvalue weighted by Crippen LogP contribution is -2.46. The first-order valence-electron chi connectivity index (χ1n) is 12.4. The van der Waals surface area contributed by atoms with Crippen molar-refractivity contribution in [3.63, 3.8) is 0 Å². The number of carbonyl (C=O) groups is 2. The van der Waals surface area contributed by atoms with E-state index >= 15 is 0 Å². The van der Waals surface area contributed by atoms with Gasteiger partial charge >= 0.3 is 12.2 Å². The molecule has 0 radical (unpaired) electrons. The fourth-order valence-electron chi connectivity index (χ4n) is 4.26. The van der Waals surface area contributed by atoms with Crippen molar-refractivity contribution in [3.8, 4) is 17.2 Å². The zero-order chi connectivity index (χ0) is 28.1. The van der Waals surface area contributed by atoms with E-state index < -0.39 is 23.3 Å². The normalized spacial score (nSPS) is 14.2. The van der Waals surface area contributed by atoms with Gasteiger partial charge in [0.2, 0.25) is 11.7 Å². The summed E-state index contributed by atoms with van der Waals surface area (Å²) in [5.41, 5.74) is -1.01. The monoisotopic (exact) mass is 555 g/mol. The molecule has 0 atom stereocenters. The second-order valence-corrected chi connectivity index (χ2v) is 8.97. The molecule has 4 aromatic rings. The maximum atomic E-state index is 13.5. The van der Waals surface area contributed by atoms with Crippen LogP contribution < -0.4 is 10.6 Å². The Balaban J connectivity index is 1.09. The Morgan fingerprint density at radius 3 is 2.50 bits per heavy atom. The van der Waals surface area contributed by atoms with Crippen LogP contribution in [0.3, 0.4) is 0 Å². The molecule has 0 saturated carbocycles. The number of likely N-dealkylation sites (tertiary alicyclic amines) is 1. The quantitative estimate of drug-likeness (QED) is 0.331. The molecule has 40 heavy (non-hydrogen) atoms. The van der Waals surface area contributed by atoms with E-state index in [9.17, 15) is 22.8 Å². The molecule has 1 saturated heterocycles. The highest BCUT2D eigenvalue weighted by Crippen LogP contribution is 2.31. The average molecular weight is 556 g/mol. The minimum atomic E-state index is -4.81. The van der Waals surface area contributed by atoms with Crippen molar-refractivity contribution in [3.05, 3.63) is 72.3 Å². The van der Waals surface area contributed by atoms with Crippen molar-refractivity contribution in [1.82, 2.24) is 45.4 Å². The zero-order valence-electron chi connectivity index (χ0n) is 21.0. The molecule has 0 aliphatic carbocycles. The number of benzene rings is 1. The molecule has 1 aliphatic heterocycles. The molecule has 15 heteroatoms. The maximum absolute atomic E-state index is 13.5. The van der Waals surface area contributed by atoms with Crippen molar-refractivity contribution in [2.45, 2.75) is 24.9 Å². The first-order valence-corrected chi connectivity index (χ1v) is 12.4. The molecular weight excluding hydrogens is 531 g/mol. The molecule has 1 aromatic carbocycles. The number of rotatable bonds is 7. The minimum absolute atomic E-state index is 0.0131. The lowest BCUT2D eigenvalue weighted by atomic mass is 9.97. The molecule has 0 spiro atoms. The van der Waals surface area contributed by atoms with Crippen molar-refractivity contribution in [2.75, 3.05) is 26.2 Å². The first-order chi connectivity index (χ1) is 19.3. The average Bonchev–Trinajstić information content (AvgIpc) is 3.65. The number of hydrogen-bond acceptors (Lipinski definition) is 8. The third kappa shape index (κ3) is 6.08. The summed E-state index contributed by atoms with van der Waals surface area (Å²) in [6.07, 6.45) is 2.06. The maximum Gasteiger partial charge on any atom is 0.435 e. The van der Waals surface area contributed by atoms with E-state index in [1.807, 2.05) is 0 Å². The Hall–Kier alpha value is -4.82. The molecule has 4 heterocycles. The molecule has 12 nitrogen and oxygen atoms in total. The van der Waals surface area contributed by atoms with Crippen LogP contribution in [0.2, 0.25) is 0 Å². The van der Waals surface area contributed by atoms with Gasteiger partial charge in [-0.1, -0.05) is 23.4 Å². The van der Waals surface area contributed by atoms with E-state index in [-0.39, 0.29) is 25.0 Å². The summed E-state index contributed by atoms with van der Waals surface area (Å²) in [7, 11) is 0. The summed E-state index contributed by atoms with van der Waals surface area (Å²) < 4.78 is 46.9. The number of aromatic nitrogens is 6. The van der Waals surface area contributed by atoms with Crippen LogP contribution in [0.5, 0.6) is 0 Å². The van der Waals surface area contributed by atoms with Gasteiger partial charge in [-0.15, -0.1) is 0 Å². The van der Waals surface area contributed by atoms with Crippen LogP contribution in [-0.4, -0.2) is 72.9 Å². The molecule has 1 fully saturated rings. The van der Waals surface area contributed by atoms with Crippen LogP contribution >= 0.6 is 0 Å². The second kappa shape index (κ2) is 11.5. The highest BCUT2D eigenvalue weighted by atomic mass is 19.4. The number of hydrogen-bond donors (Lipinski definition) is 2. The molecule has 0 bridgehead atoms. The lowest BCUT2D eigenvalue weighted by Gasteiger charge is -2.30. The summed E-state index contributed by atoms with van der Waals surface area (Å²) in [5, 5.41) is 12.6. The van der Waals surface area contributed by atoms with Crippen molar-refractivity contribution in [2.24, 2.45) is 0 Å². The molecule has 208 valence electrons. The van der Waals surface area contributed by atoms with E-state index in [1.165, 1.54) is 12.4 Å². The first kappa shape index (κ1) is 26.8. The van der Waals surface area contributed by atoms with Crippen LogP contribution in [0.15, 0.2) is 59.6 Å². The fraction of sp³-hybridized carbons (Fsp3) is 0.320. The second-order valence-electron chi connectivity index (χ2n) is 8.97. The number of nitrogens with one attached hydrogen (secondary N) is 2. The number of piperidine rings is 1. The molecule has 3 amide bonds. The van der Waals surface area contributed by atoms with Crippen LogP contribution in [-0.2, 0) is 6.18 Å². The summed E-state index contributed by atoms with van der Waals surface area (Å²) in [5.74, 6) is -0.136. The van der Waals surface area contributed by atoms with Gasteiger partial charge in [-0.25, -0.2) is 14.5 Å². The highest BCUT2D eigenvalue weighted by Gasteiger charge is 2.39. The predicted molar refractivity (Wildman–Crippen MR) is 133 cm³/mol. The van der Waals surface area contributed by atoms with Gasteiger partial charge in [0, 0.05) is 50.7 Å². The van der Waals surface area contributed by atoms with Gasteiger partial charge in [-0.3, -0.25) is 9.78 Å². The fourth-order valence-corrected chi connectivity index (χ4v) is 4.26. The van der Waals surface area contributed by atoms with E-state index in [0.29, 0.717) is 49.0 Å². The highest BCUT2D eigenvalue weighted by molar-refractivity contribution is 5.95. The Morgan fingerprint density at radius 1 is 1.05 bits per heavy atom. The Kier molecular flexibility index (Phi) is 7.70. The Labute approximate surface area is 225 Å². The summed E-state index contributed by atoms with van der Waals surface area (Å²) >= 11 is 0. The molecule has 0 unspecified atom stereocenters. The molecule has 5 rings (SSSR count). The number of halogens is 3. The van der Waals surface area contributed by atoms with Crippen LogP contribution in [0.1, 0.15) is 40.7 Å². The minimum Gasteiger partial charge on any atom is -0.350 e. The van der Waals surface area contributed by atoms with Crippen molar-refractivity contribution >= 4 is 11.9 Å². The summed E-state index contributed by atoms with van der Waals surface area (Å²) in [6, 6.07) is 7.83. The third-order valence-corrected chi connectivity index (χ3v) is 6.30. The van der Waals surface area contributed by atoms with Crippen LogP contribution in [0, 0.1) is 0 Å². The van der Waals surface area contributed by atoms with E-state index in [0.717, 1.165) is 10.9 Å². The molecule has 2 N–H and O–H groups in total. The Bertz CT molecular complexity index is 1450. The Morgan fingerprint density at radius 2 is 1.80 bits per heavy atom. The van der Waals surface area contributed by atoms with Crippen LogP contribution in [0.4, 0.5) is 18.0 Å². The smallest absolute Gasteiger partial charge is 0.350 e. The number of para-hydroxylation sites is 1. The van der Waals surface area contributed by atoms with E-state index in [1.54, 1.807) is 41.4 Å². The largest absolute Gasteiger partial charge is 0.435 e. The van der Waals surface area contributed by atoms with Gasteiger partial charge < -0.3 is 20.1 Å². The van der Waals surface area contributed by atoms with Gasteiger partial charge in [-0.05, 0) is 25.0 Å². The summed E-state index contributed by atoms with van der Waals surface area (Å²) in [4.78, 5) is 39.3. The number of amides is 3. The van der Waals surface area contributed by atoms with Crippen LogP contribution in [0.25, 0.3) is 17.2 Å². The van der Waals surface area contributed by atoms with Gasteiger partial charge in [0.25, 0.3) is 5.91 Å². The standard InChI is InChI=1S/C25H24F3N9O3/c26-25(27,28)20-18(15-37(34-20)17-4-2-1-3-5-17)22(38)31-10-11-32-24(39)36-12-6-16(7-13-36)23-33-21(35-40-23)19-14-29-8-9-30-19/h1-5,8-9,14-16H,6-7,10-13H2,(H,31,38)(H,32,39). The van der Waals surface area contributed by atoms with Gasteiger partial charge in [0.05, 0.1) is 17.4 Å². The topological polar surface area (TPSA) is 144 Å². The number of urea groups is 1. The lowest BCUT2D eigenvalue weighted by molar-refractivity contribution is -0.141. The number of nitrogens with zero attached hydrogens (tertiary/aromatic N) is 7. The molecule has 3 aromatic heterocycles. The predicted octanol–water partition coefficient (Wildman–Crippen LogP) is 3.05. The van der Waals surface area contributed by atoms with Gasteiger partial charge in [-0.2, -0.15) is 23.3 Å². The molecule has 1 aliphatic rings. The van der Waals surface area contributed by atoms with Crippen molar-refractivity contribution < 1.29 is 27.3 Å². The summed E-state index contributed by atoms with van der Waals surface area (Å²) in [6.45, 7) is 0.852.